The highest BCUT2D eigenvalue weighted by Crippen LogP contribution is 2.27. The normalized spacial score (nSPS) is 17.1. The van der Waals surface area contributed by atoms with Crippen LogP contribution in [0, 0.1) is 5.82 Å². The molecule has 2 aromatic carbocycles. The molecule has 0 radical (unpaired) electrons. The van der Waals surface area contributed by atoms with E-state index in [0.717, 1.165) is 32.7 Å². The van der Waals surface area contributed by atoms with E-state index in [1.807, 2.05) is 11.3 Å². The predicted molar refractivity (Wildman–Crippen MR) is 111 cm³/mol. The molecule has 4 rings (SSSR count). The van der Waals surface area contributed by atoms with Gasteiger partial charge in [0.2, 0.25) is 0 Å². The first kappa shape index (κ1) is 19.3. The third-order valence-electron chi connectivity index (χ3n) is 5.14. The van der Waals surface area contributed by atoms with Gasteiger partial charge in [0.25, 0.3) is 0 Å². The number of halogens is 1. The van der Waals surface area contributed by atoms with Crippen LogP contribution in [0.1, 0.15) is 5.56 Å². The standard InChI is InChI=1S/C22H25FN2O2S/c23-18-5-7-20(8-6-18)27-15-19(26)14-25-11-9-24(10-12-25)13-17-16-28-22-4-2-1-3-21(17)22/h1-8,16,19,26H,9-15H2. The number of ether oxygens (including phenoxy) is 1. The van der Waals surface area contributed by atoms with Crippen LogP contribution in [0.5, 0.6) is 5.75 Å². The highest BCUT2D eigenvalue weighted by molar-refractivity contribution is 7.17. The molecule has 1 unspecified atom stereocenters. The van der Waals surface area contributed by atoms with E-state index in [-0.39, 0.29) is 12.4 Å². The smallest absolute Gasteiger partial charge is 0.123 e. The fourth-order valence-electron chi connectivity index (χ4n) is 3.60. The second kappa shape index (κ2) is 9.01. The van der Waals surface area contributed by atoms with Gasteiger partial charge in [0.05, 0.1) is 0 Å². The number of fused-ring (bicyclic) bond motifs is 1. The third-order valence-corrected chi connectivity index (χ3v) is 6.16. The maximum Gasteiger partial charge on any atom is 0.123 e. The first-order valence-electron chi connectivity index (χ1n) is 9.63. The summed E-state index contributed by atoms with van der Waals surface area (Å²) in [6, 6.07) is 14.4. The van der Waals surface area contributed by atoms with Crippen LogP contribution < -0.4 is 4.74 Å². The van der Waals surface area contributed by atoms with Crippen molar-refractivity contribution in [3.05, 3.63) is 65.3 Å². The fourth-order valence-corrected chi connectivity index (χ4v) is 4.55. The quantitative estimate of drug-likeness (QED) is 0.657. The molecule has 1 atom stereocenters. The van der Waals surface area contributed by atoms with Crippen LogP contribution in [0.4, 0.5) is 4.39 Å². The van der Waals surface area contributed by atoms with E-state index in [0.29, 0.717) is 12.3 Å². The molecule has 0 amide bonds. The number of benzene rings is 2. The summed E-state index contributed by atoms with van der Waals surface area (Å²) in [6.07, 6.45) is -0.558. The fraction of sp³-hybridized carbons (Fsp3) is 0.364. The average molecular weight is 401 g/mol. The van der Waals surface area contributed by atoms with Crippen LogP contribution in [0.2, 0.25) is 0 Å². The Kier molecular flexibility index (Phi) is 6.22. The number of rotatable bonds is 7. The molecule has 1 aromatic heterocycles. The second-order valence-electron chi connectivity index (χ2n) is 7.25. The minimum atomic E-state index is -0.558. The van der Waals surface area contributed by atoms with Gasteiger partial charge in [-0.3, -0.25) is 9.80 Å². The summed E-state index contributed by atoms with van der Waals surface area (Å²) in [4.78, 5) is 4.76. The van der Waals surface area contributed by atoms with E-state index < -0.39 is 6.10 Å². The van der Waals surface area contributed by atoms with Crippen molar-refractivity contribution in [2.75, 3.05) is 39.3 Å². The van der Waals surface area contributed by atoms with E-state index >= 15 is 0 Å². The van der Waals surface area contributed by atoms with Gasteiger partial charge in [-0.2, -0.15) is 0 Å². The Morgan fingerprint density at radius 2 is 1.71 bits per heavy atom. The van der Waals surface area contributed by atoms with Gasteiger partial charge < -0.3 is 9.84 Å². The molecule has 0 saturated carbocycles. The summed E-state index contributed by atoms with van der Waals surface area (Å²) in [5.41, 5.74) is 1.40. The molecule has 1 saturated heterocycles. The van der Waals surface area contributed by atoms with E-state index in [1.165, 1.54) is 27.8 Å². The van der Waals surface area contributed by atoms with E-state index in [2.05, 4.69) is 39.4 Å². The van der Waals surface area contributed by atoms with Gasteiger partial charge in [0.1, 0.15) is 24.3 Å². The van der Waals surface area contributed by atoms with Gasteiger partial charge in [0.15, 0.2) is 0 Å². The Morgan fingerprint density at radius 3 is 2.50 bits per heavy atom. The van der Waals surface area contributed by atoms with E-state index in [4.69, 9.17) is 4.74 Å². The van der Waals surface area contributed by atoms with Crippen molar-refractivity contribution >= 4 is 21.4 Å². The highest BCUT2D eigenvalue weighted by Gasteiger charge is 2.20. The summed E-state index contributed by atoms with van der Waals surface area (Å²) < 4.78 is 19.8. The second-order valence-corrected chi connectivity index (χ2v) is 8.16. The molecular weight excluding hydrogens is 375 g/mol. The van der Waals surface area contributed by atoms with Gasteiger partial charge in [-0.25, -0.2) is 4.39 Å². The summed E-state index contributed by atoms with van der Waals surface area (Å²) in [5, 5.41) is 13.9. The van der Waals surface area contributed by atoms with Crippen molar-refractivity contribution in [3.63, 3.8) is 0 Å². The molecule has 4 nitrogen and oxygen atoms in total. The topological polar surface area (TPSA) is 35.9 Å². The molecular formula is C22H25FN2O2S. The van der Waals surface area contributed by atoms with Crippen molar-refractivity contribution in [1.82, 2.24) is 9.80 Å². The lowest BCUT2D eigenvalue weighted by Crippen LogP contribution is -2.48. The first-order valence-corrected chi connectivity index (χ1v) is 10.5. The Balaban J connectivity index is 1.21. The number of hydrogen-bond donors (Lipinski definition) is 1. The lowest BCUT2D eigenvalue weighted by atomic mass is 10.1. The minimum absolute atomic E-state index is 0.215. The maximum atomic E-state index is 12.9. The van der Waals surface area contributed by atoms with Crippen molar-refractivity contribution in [2.45, 2.75) is 12.6 Å². The van der Waals surface area contributed by atoms with Crippen LogP contribution in [0.3, 0.4) is 0 Å². The molecule has 6 heteroatoms. The van der Waals surface area contributed by atoms with Crippen LogP contribution in [0.25, 0.3) is 10.1 Å². The van der Waals surface area contributed by atoms with Crippen LogP contribution >= 0.6 is 11.3 Å². The molecule has 2 heterocycles. The zero-order chi connectivity index (χ0) is 19.3. The lowest BCUT2D eigenvalue weighted by molar-refractivity contribution is 0.0447. The van der Waals surface area contributed by atoms with Crippen molar-refractivity contribution < 1.29 is 14.2 Å². The molecule has 1 aliphatic heterocycles. The molecule has 3 aromatic rings. The van der Waals surface area contributed by atoms with Crippen molar-refractivity contribution in [2.24, 2.45) is 0 Å². The Morgan fingerprint density at radius 1 is 1.00 bits per heavy atom. The van der Waals surface area contributed by atoms with Crippen molar-refractivity contribution in [1.29, 1.82) is 0 Å². The Bertz CT molecular complexity index is 891. The molecule has 28 heavy (non-hydrogen) atoms. The number of nitrogens with zero attached hydrogens (tertiary/aromatic N) is 2. The van der Waals surface area contributed by atoms with Gasteiger partial charge in [-0.1, -0.05) is 18.2 Å². The number of aliphatic hydroxyl groups excluding tert-OH is 1. The van der Waals surface area contributed by atoms with Crippen LogP contribution in [-0.4, -0.2) is 60.3 Å². The average Bonchev–Trinajstić information content (AvgIpc) is 3.12. The van der Waals surface area contributed by atoms with Gasteiger partial charge in [-0.05, 0) is 46.7 Å². The van der Waals surface area contributed by atoms with Crippen LogP contribution in [0.15, 0.2) is 53.9 Å². The highest BCUT2D eigenvalue weighted by atomic mass is 32.1. The summed E-state index contributed by atoms with van der Waals surface area (Å²) in [6.45, 7) is 5.66. The Hall–Kier alpha value is -1.99. The molecule has 0 bridgehead atoms. The lowest BCUT2D eigenvalue weighted by Gasteiger charge is -2.35. The summed E-state index contributed by atoms with van der Waals surface area (Å²) >= 11 is 1.81. The molecule has 0 aliphatic carbocycles. The molecule has 1 fully saturated rings. The van der Waals surface area contributed by atoms with E-state index in [9.17, 15) is 9.50 Å². The number of hydrogen-bond acceptors (Lipinski definition) is 5. The number of β-amino-alcohol motifs (C(OH)–C–C–N with tert-alkyl or cyclic N) is 1. The molecule has 148 valence electrons. The maximum absolute atomic E-state index is 12.9. The van der Waals surface area contributed by atoms with E-state index in [1.54, 1.807) is 12.1 Å². The van der Waals surface area contributed by atoms with Gasteiger partial charge >= 0.3 is 0 Å². The monoisotopic (exact) mass is 400 g/mol. The number of aliphatic hydroxyl groups is 1. The minimum Gasteiger partial charge on any atom is -0.491 e. The molecule has 1 N–H and O–H groups in total. The molecule has 0 spiro atoms. The predicted octanol–water partition coefficient (Wildman–Crippen LogP) is 3.60. The third kappa shape index (κ3) is 4.89. The summed E-state index contributed by atoms with van der Waals surface area (Å²) in [5.74, 6) is 0.287. The SMILES string of the molecule is OC(COc1ccc(F)cc1)CN1CCN(Cc2csc3ccccc23)CC1. The molecule has 1 aliphatic rings. The van der Waals surface area contributed by atoms with Gasteiger partial charge in [0, 0.05) is 44.0 Å². The summed E-state index contributed by atoms with van der Waals surface area (Å²) in [7, 11) is 0. The zero-order valence-corrected chi connectivity index (χ0v) is 16.6. The van der Waals surface area contributed by atoms with Crippen molar-refractivity contribution in [3.8, 4) is 5.75 Å². The van der Waals surface area contributed by atoms with Gasteiger partial charge in [-0.15, -0.1) is 11.3 Å². The number of piperazine rings is 1. The Labute approximate surface area is 168 Å². The first-order chi connectivity index (χ1) is 13.7. The van der Waals surface area contributed by atoms with Crippen LogP contribution in [-0.2, 0) is 6.54 Å². The largest absolute Gasteiger partial charge is 0.491 e. The number of thiophene rings is 1. The zero-order valence-electron chi connectivity index (χ0n) is 15.8.